The van der Waals surface area contributed by atoms with Crippen LogP contribution in [0, 0.1) is 0 Å². The maximum Gasteiger partial charge on any atom is 0.136 e. The number of nitrogens with zero attached hydrogens (tertiary/aromatic N) is 2. The molecule has 108 valence electrons. The van der Waals surface area contributed by atoms with Gasteiger partial charge in [0.2, 0.25) is 0 Å². The first kappa shape index (κ1) is 14.6. The summed E-state index contributed by atoms with van der Waals surface area (Å²) in [5, 5.41) is 14.6. The molecule has 0 aliphatic rings. The summed E-state index contributed by atoms with van der Waals surface area (Å²) >= 11 is 0. The lowest BCUT2D eigenvalue weighted by Gasteiger charge is -2.19. The quantitative estimate of drug-likeness (QED) is 0.754. The first-order chi connectivity index (χ1) is 9.77. The van der Waals surface area contributed by atoms with Gasteiger partial charge in [0, 0.05) is 49.9 Å². The molecular weight excluding hydrogens is 254 g/mol. The summed E-state index contributed by atoms with van der Waals surface area (Å²) in [6, 6.07) is 8.11. The standard InChI is InChI=1S/C15H21N3O2/c1-18(9-10-19)15-13-4-3-5-14(16-8-11-20-2)12(13)6-7-17-15/h3-7,16,19H,8-11H2,1-2H3. The van der Waals surface area contributed by atoms with Crippen LogP contribution < -0.4 is 10.2 Å². The van der Waals surface area contributed by atoms with Gasteiger partial charge in [-0.05, 0) is 12.1 Å². The highest BCUT2D eigenvalue weighted by atomic mass is 16.5. The average molecular weight is 275 g/mol. The van der Waals surface area contributed by atoms with Crippen LogP contribution >= 0.6 is 0 Å². The lowest BCUT2D eigenvalue weighted by Crippen LogP contribution is -2.22. The Hall–Kier alpha value is -1.85. The van der Waals surface area contributed by atoms with Crippen LogP contribution in [0.4, 0.5) is 11.5 Å². The Kier molecular flexibility index (Phi) is 5.15. The number of benzene rings is 1. The highest BCUT2D eigenvalue weighted by molar-refractivity contribution is 6.00. The Balaban J connectivity index is 2.35. The van der Waals surface area contributed by atoms with Crippen molar-refractivity contribution in [2.24, 2.45) is 0 Å². The SMILES string of the molecule is COCCNc1cccc2c(N(C)CCO)nccc12. The fourth-order valence-corrected chi connectivity index (χ4v) is 2.19. The maximum absolute atomic E-state index is 9.07. The lowest BCUT2D eigenvalue weighted by atomic mass is 10.1. The number of methoxy groups -OCH3 is 1. The number of aliphatic hydroxyl groups is 1. The third-order valence-corrected chi connectivity index (χ3v) is 3.20. The molecule has 5 heteroatoms. The summed E-state index contributed by atoms with van der Waals surface area (Å²) in [6.45, 7) is 2.10. The average Bonchev–Trinajstić information content (AvgIpc) is 2.47. The molecule has 2 N–H and O–H groups in total. The molecule has 0 saturated carbocycles. The zero-order chi connectivity index (χ0) is 14.4. The Morgan fingerprint density at radius 1 is 1.30 bits per heavy atom. The van der Waals surface area contributed by atoms with Crippen molar-refractivity contribution >= 4 is 22.3 Å². The molecule has 0 unspecified atom stereocenters. The van der Waals surface area contributed by atoms with Crippen LogP contribution in [0.15, 0.2) is 30.5 Å². The maximum atomic E-state index is 9.07. The van der Waals surface area contributed by atoms with Crippen molar-refractivity contribution in [1.29, 1.82) is 0 Å². The van der Waals surface area contributed by atoms with Crippen LogP contribution in [0.5, 0.6) is 0 Å². The van der Waals surface area contributed by atoms with Gasteiger partial charge in [-0.1, -0.05) is 12.1 Å². The van der Waals surface area contributed by atoms with E-state index in [0.717, 1.165) is 28.8 Å². The van der Waals surface area contributed by atoms with Gasteiger partial charge in [0.25, 0.3) is 0 Å². The summed E-state index contributed by atoms with van der Waals surface area (Å²) in [5.74, 6) is 0.881. The number of fused-ring (bicyclic) bond motifs is 1. The smallest absolute Gasteiger partial charge is 0.136 e. The number of rotatable bonds is 7. The Morgan fingerprint density at radius 3 is 2.90 bits per heavy atom. The topological polar surface area (TPSA) is 57.6 Å². The van der Waals surface area contributed by atoms with Crippen LogP contribution in [0.1, 0.15) is 0 Å². The van der Waals surface area contributed by atoms with E-state index in [1.165, 1.54) is 0 Å². The minimum atomic E-state index is 0.111. The Bertz CT molecular complexity index is 560. The number of anilines is 2. The van der Waals surface area contributed by atoms with Crippen LogP contribution in [0.25, 0.3) is 10.8 Å². The molecule has 0 atom stereocenters. The summed E-state index contributed by atoms with van der Waals surface area (Å²) in [5.41, 5.74) is 1.07. The fraction of sp³-hybridized carbons (Fsp3) is 0.400. The Morgan fingerprint density at radius 2 is 2.15 bits per heavy atom. The van der Waals surface area contributed by atoms with Crippen molar-refractivity contribution in [3.8, 4) is 0 Å². The minimum Gasteiger partial charge on any atom is -0.395 e. The number of hydrogen-bond donors (Lipinski definition) is 2. The van der Waals surface area contributed by atoms with Crippen molar-refractivity contribution < 1.29 is 9.84 Å². The monoisotopic (exact) mass is 275 g/mol. The van der Waals surface area contributed by atoms with Gasteiger partial charge in [-0.2, -0.15) is 0 Å². The van der Waals surface area contributed by atoms with E-state index in [0.29, 0.717) is 13.2 Å². The molecule has 1 heterocycles. The molecule has 0 aliphatic carbocycles. The second-order valence-corrected chi connectivity index (χ2v) is 4.60. The molecule has 5 nitrogen and oxygen atoms in total. The van der Waals surface area contributed by atoms with Crippen molar-refractivity contribution in [2.45, 2.75) is 0 Å². The molecule has 2 aromatic rings. The van der Waals surface area contributed by atoms with Gasteiger partial charge in [-0.25, -0.2) is 4.98 Å². The van der Waals surface area contributed by atoms with E-state index in [9.17, 15) is 0 Å². The normalized spacial score (nSPS) is 10.8. The van der Waals surface area contributed by atoms with Gasteiger partial charge in [0.05, 0.1) is 13.2 Å². The van der Waals surface area contributed by atoms with Crippen LogP contribution in [-0.4, -0.2) is 50.6 Å². The molecule has 1 aromatic heterocycles. The van der Waals surface area contributed by atoms with Gasteiger partial charge in [0.1, 0.15) is 5.82 Å². The summed E-state index contributed by atoms with van der Waals surface area (Å²) in [4.78, 5) is 6.38. The summed E-state index contributed by atoms with van der Waals surface area (Å²) < 4.78 is 5.06. The number of aliphatic hydroxyl groups excluding tert-OH is 1. The first-order valence-corrected chi connectivity index (χ1v) is 6.70. The largest absolute Gasteiger partial charge is 0.395 e. The number of nitrogens with one attached hydrogen (secondary N) is 1. The molecular formula is C15H21N3O2. The highest BCUT2D eigenvalue weighted by Crippen LogP contribution is 2.29. The molecule has 0 fully saturated rings. The predicted octanol–water partition coefficient (Wildman–Crippen LogP) is 1.72. The molecule has 0 amide bonds. The summed E-state index contributed by atoms with van der Waals surface area (Å²) in [6.07, 6.45) is 1.80. The molecule has 20 heavy (non-hydrogen) atoms. The van der Waals surface area contributed by atoms with Crippen molar-refractivity contribution in [3.63, 3.8) is 0 Å². The van der Waals surface area contributed by atoms with E-state index in [4.69, 9.17) is 9.84 Å². The number of likely N-dealkylation sites (N-methyl/N-ethyl adjacent to an activating group) is 1. The number of pyridine rings is 1. The van der Waals surface area contributed by atoms with Gasteiger partial charge in [0.15, 0.2) is 0 Å². The molecule has 0 spiro atoms. The van der Waals surface area contributed by atoms with E-state index >= 15 is 0 Å². The minimum absolute atomic E-state index is 0.111. The van der Waals surface area contributed by atoms with Gasteiger partial charge >= 0.3 is 0 Å². The lowest BCUT2D eigenvalue weighted by molar-refractivity contribution is 0.211. The van der Waals surface area contributed by atoms with Crippen molar-refractivity contribution in [1.82, 2.24) is 4.98 Å². The summed E-state index contributed by atoms with van der Waals surface area (Å²) in [7, 11) is 3.62. The molecule has 0 radical (unpaired) electrons. The first-order valence-electron chi connectivity index (χ1n) is 6.70. The van der Waals surface area contributed by atoms with Crippen LogP contribution in [0.3, 0.4) is 0 Å². The second kappa shape index (κ2) is 7.07. The molecule has 0 saturated heterocycles. The van der Waals surface area contributed by atoms with Crippen molar-refractivity contribution in [3.05, 3.63) is 30.5 Å². The van der Waals surface area contributed by atoms with Gasteiger partial charge < -0.3 is 20.1 Å². The van der Waals surface area contributed by atoms with Gasteiger partial charge in [-0.15, -0.1) is 0 Å². The van der Waals surface area contributed by atoms with E-state index in [1.54, 1.807) is 13.3 Å². The second-order valence-electron chi connectivity index (χ2n) is 4.60. The zero-order valence-corrected chi connectivity index (χ0v) is 12.0. The molecule has 1 aromatic carbocycles. The number of hydrogen-bond acceptors (Lipinski definition) is 5. The third-order valence-electron chi connectivity index (χ3n) is 3.20. The van der Waals surface area contributed by atoms with Crippen LogP contribution in [0.2, 0.25) is 0 Å². The van der Waals surface area contributed by atoms with Crippen LogP contribution in [-0.2, 0) is 4.74 Å². The van der Waals surface area contributed by atoms with E-state index < -0.39 is 0 Å². The number of ether oxygens (including phenoxy) is 1. The predicted molar refractivity (Wildman–Crippen MR) is 82.5 cm³/mol. The van der Waals surface area contributed by atoms with E-state index in [1.807, 2.05) is 36.2 Å². The van der Waals surface area contributed by atoms with E-state index in [-0.39, 0.29) is 6.61 Å². The zero-order valence-electron chi connectivity index (χ0n) is 12.0. The molecule has 0 aliphatic heterocycles. The van der Waals surface area contributed by atoms with Gasteiger partial charge in [-0.3, -0.25) is 0 Å². The number of aromatic nitrogens is 1. The fourth-order valence-electron chi connectivity index (χ4n) is 2.19. The highest BCUT2D eigenvalue weighted by Gasteiger charge is 2.09. The molecule has 2 rings (SSSR count). The third kappa shape index (κ3) is 3.18. The van der Waals surface area contributed by atoms with E-state index in [2.05, 4.69) is 10.3 Å². The molecule has 0 bridgehead atoms. The Labute approximate surface area is 119 Å². The van der Waals surface area contributed by atoms with Crippen molar-refractivity contribution in [2.75, 3.05) is 50.7 Å².